The van der Waals surface area contributed by atoms with Crippen LogP contribution in [0.2, 0.25) is 0 Å². The Labute approximate surface area is 130 Å². The number of nitrogens with zero attached hydrogens (tertiary/aromatic N) is 3. The first-order valence-corrected chi connectivity index (χ1v) is 7.49. The predicted molar refractivity (Wildman–Crippen MR) is 85.0 cm³/mol. The average molecular weight is 298 g/mol. The van der Waals surface area contributed by atoms with Crippen LogP contribution >= 0.6 is 0 Å². The Balaban J connectivity index is 2.36. The monoisotopic (exact) mass is 298 g/mol. The van der Waals surface area contributed by atoms with E-state index in [-0.39, 0.29) is 11.3 Å². The lowest BCUT2D eigenvalue weighted by Gasteiger charge is -2.26. The van der Waals surface area contributed by atoms with Gasteiger partial charge in [0.1, 0.15) is 0 Å². The maximum absolute atomic E-state index is 12.2. The molecule has 0 radical (unpaired) electrons. The van der Waals surface area contributed by atoms with Crippen molar-refractivity contribution in [1.82, 2.24) is 14.5 Å². The summed E-state index contributed by atoms with van der Waals surface area (Å²) in [5.41, 5.74) is 9.45. The second-order valence-corrected chi connectivity index (χ2v) is 7.08. The highest BCUT2D eigenvalue weighted by Gasteiger charge is 2.52. The van der Waals surface area contributed by atoms with Crippen LogP contribution in [0.4, 0.5) is 0 Å². The zero-order valence-electron chi connectivity index (χ0n) is 13.8. The summed E-state index contributed by atoms with van der Waals surface area (Å²) in [7, 11) is 0. The first-order chi connectivity index (χ1) is 10.2. The van der Waals surface area contributed by atoms with Crippen LogP contribution < -0.4 is 5.73 Å². The van der Waals surface area contributed by atoms with Crippen molar-refractivity contribution in [1.29, 1.82) is 0 Å². The molecule has 2 aromatic heterocycles. The highest BCUT2D eigenvalue weighted by atomic mass is 16.1. The fourth-order valence-electron chi connectivity index (χ4n) is 4.36. The van der Waals surface area contributed by atoms with Gasteiger partial charge in [0.2, 0.25) is 5.91 Å². The lowest BCUT2D eigenvalue weighted by atomic mass is 9.79. The molecule has 0 saturated heterocycles. The van der Waals surface area contributed by atoms with Crippen molar-refractivity contribution in [3.05, 3.63) is 41.1 Å². The van der Waals surface area contributed by atoms with Crippen LogP contribution in [0.3, 0.4) is 0 Å². The molecule has 3 rings (SSSR count). The van der Waals surface area contributed by atoms with Gasteiger partial charge in [0.05, 0.1) is 11.6 Å². The van der Waals surface area contributed by atoms with Gasteiger partial charge in [-0.3, -0.25) is 9.78 Å². The third-order valence-electron chi connectivity index (χ3n) is 4.99. The topological polar surface area (TPSA) is 73.8 Å². The molecule has 5 heteroatoms. The number of hydrogen-bond acceptors (Lipinski definition) is 3. The molecule has 0 aromatic carbocycles. The second-order valence-electron chi connectivity index (χ2n) is 7.08. The molecule has 0 bridgehead atoms. The minimum absolute atomic E-state index is 0.0958. The zero-order valence-corrected chi connectivity index (χ0v) is 13.8. The normalized spacial score (nSPS) is 22.6. The number of primary amides is 1. The maximum Gasteiger partial charge on any atom is 0.227 e. The van der Waals surface area contributed by atoms with Gasteiger partial charge in [-0.05, 0) is 43.7 Å². The number of amides is 1. The lowest BCUT2D eigenvalue weighted by molar-refractivity contribution is -0.123. The Kier molecular flexibility index (Phi) is 2.96. The molecule has 1 unspecified atom stereocenters. The smallest absolute Gasteiger partial charge is 0.227 e. The van der Waals surface area contributed by atoms with E-state index in [9.17, 15) is 4.79 Å². The SMILES string of the molecule is Cc1c2c(c(C)n1-c1cnccn1)C(C)(C(N)=O)CC2(C)C. The molecule has 1 aliphatic rings. The highest BCUT2D eigenvalue weighted by Crippen LogP contribution is 2.53. The van der Waals surface area contributed by atoms with Gasteiger partial charge < -0.3 is 10.3 Å². The molecular formula is C17H22N4O. The Morgan fingerprint density at radius 3 is 2.36 bits per heavy atom. The zero-order chi connectivity index (χ0) is 16.3. The van der Waals surface area contributed by atoms with E-state index in [1.807, 2.05) is 13.8 Å². The quantitative estimate of drug-likeness (QED) is 0.924. The molecule has 1 amide bonds. The van der Waals surface area contributed by atoms with E-state index in [1.54, 1.807) is 18.6 Å². The van der Waals surface area contributed by atoms with Gasteiger partial charge in [0.15, 0.2) is 5.82 Å². The summed E-state index contributed by atoms with van der Waals surface area (Å²) in [6.07, 6.45) is 5.81. The highest BCUT2D eigenvalue weighted by molar-refractivity contribution is 5.89. The van der Waals surface area contributed by atoms with Crippen LogP contribution in [0, 0.1) is 13.8 Å². The van der Waals surface area contributed by atoms with E-state index in [2.05, 4.69) is 35.3 Å². The largest absolute Gasteiger partial charge is 0.369 e. The fourth-order valence-corrected chi connectivity index (χ4v) is 4.36. The van der Waals surface area contributed by atoms with E-state index in [1.165, 1.54) is 5.56 Å². The molecule has 5 nitrogen and oxygen atoms in total. The molecule has 2 heterocycles. The standard InChI is InChI=1S/C17H22N4O/c1-10-13-14(17(5,15(18)22)9-16(13,3)4)11(2)21(10)12-8-19-6-7-20-12/h6-8H,9H2,1-5H3,(H2,18,22). The van der Waals surface area contributed by atoms with E-state index < -0.39 is 5.41 Å². The second kappa shape index (κ2) is 4.41. The van der Waals surface area contributed by atoms with Crippen molar-refractivity contribution in [2.45, 2.75) is 51.9 Å². The van der Waals surface area contributed by atoms with Crippen molar-refractivity contribution in [3.63, 3.8) is 0 Å². The molecule has 2 N–H and O–H groups in total. The molecule has 1 aliphatic carbocycles. The van der Waals surface area contributed by atoms with Gasteiger partial charge >= 0.3 is 0 Å². The summed E-state index contributed by atoms with van der Waals surface area (Å²) in [5.74, 6) is 0.508. The summed E-state index contributed by atoms with van der Waals surface area (Å²) >= 11 is 0. The average Bonchev–Trinajstić information content (AvgIpc) is 2.83. The number of nitrogens with two attached hydrogens (primary N) is 1. The minimum atomic E-state index is -0.638. The third-order valence-corrected chi connectivity index (χ3v) is 4.99. The number of carbonyl (C=O) groups is 1. The Hall–Kier alpha value is -2.17. The maximum atomic E-state index is 12.2. The van der Waals surface area contributed by atoms with E-state index in [0.29, 0.717) is 0 Å². The third kappa shape index (κ3) is 1.74. The van der Waals surface area contributed by atoms with E-state index in [0.717, 1.165) is 29.2 Å². The summed E-state index contributed by atoms with van der Waals surface area (Å²) in [4.78, 5) is 20.7. The van der Waals surface area contributed by atoms with Crippen LogP contribution in [0.5, 0.6) is 0 Å². The van der Waals surface area contributed by atoms with Gasteiger partial charge in [-0.1, -0.05) is 13.8 Å². The summed E-state index contributed by atoms with van der Waals surface area (Å²) < 4.78 is 2.08. The van der Waals surface area contributed by atoms with Crippen molar-refractivity contribution in [2.24, 2.45) is 5.73 Å². The molecule has 116 valence electrons. The van der Waals surface area contributed by atoms with Crippen LogP contribution in [0.1, 0.15) is 49.7 Å². The summed E-state index contributed by atoms with van der Waals surface area (Å²) in [6, 6.07) is 0. The van der Waals surface area contributed by atoms with E-state index >= 15 is 0 Å². The van der Waals surface area contributed by atoms with Crippen LogP contribution in [-0.4, -0.2) is 20.4 Å². The minimum Gasteiger partial charge on any atom is -0.369 e. The van der Waals surface area contributed by atoms with Crippen LogP contribution in [0.15, 0.2) is 18.6 Å². The van der Waals surface area contributed by atoms with Crippen molar-refractivity contribution in [3.8, 4) is 5.82 Å². The molecule has 1 atom stereocenters. The molecule has 22 heavy (non-hydrogen) atoms. The first kappa shape index (κ1) is 14.8. The lowest BCUT2D eigenvalue weighted by Crippen LogP contribution is -2.38. The first-order valence-electron chi connectivity index (χ1n) is 7.49. The molecule has 0 fully saturated rings. The molecule has 0 spiro atoms. The number of fused-ring (bicyclic) bond motifs is 1. The Bertz CT molecular complexity index is 761. The fraction of sp³-hybridized carbons (Fsp3) is 0.471. The predicted octanol–water partition coefficient (Wildman–Crippen LogP) is 2.31. The van der Waals surface area contributed by atoms with Crippen molar-refractivity contribution < 1.29 is 4.79 Å². The molecule has 0 aliphatic heterocycles. The Morgan fingerprint density at radius 2 is 1.82 bits per heavy atom. The van der Waals surface area contributed by atoms with Crippen molar-refractivity contribution in [2.75, 3.05) is 0 Å². The Morgan fingerprint density at radius 1 is 1.18 bits per heavy atom. The summed E-state index contributed by atoms with van der Waals surface area (Å²) in [5, 5.41) is 0. The number of aromatic nitrogens is 3. The number of carbonyl (C=O) groups excluding carboxylic acids is 1. The van der Waals surface area contributed by atoms with Crippen LogP contribution in [-0.2, 0) is 15.6 Å². The van der Waals surface area contributed by atoms with Gasteiger partial charge in [0.25, 0.3) is 0 Å². The molecular weight excluding hydrogens is 276 g/mol. The number of hydrogen-bond donors (Lipinski definition) is 1. The van der Waals surface area contributed by atoms with Gasteiger partial charge in [-0.15, -0.1) is 0 Å². The summed E-state index contributed by atoms with van der Waals surface area (Å²) in [6.45, 7) is 10.4. The van der Waals surface area contributed by atoms with Crippen molar-refractivity contribution >= 4 is 5.91 Å². The van der Waals surface area contributed by atoms with E-state index in [4.69, 9.17) is 5.73 Å². The molecule has 2 aromatic rings. The van der Waals surface area contributed by atoms with Gasteiger partial charge in [-0.25, -0.2) is 4.98 Å². The van der Waals surface area contributed by atoms with Crippen LogP contribution in [0.25, 0.3) is 5.82 Å². The van der Waals surface area contributed by atoms with Gasteiger partial charge in [0, 0.05) is 23.8 Å². The molecule has 0 saturated carbocycles. The van der Waals surface area contributed by atoms with Gasteiger partial charge in [-0.2, -0.15) is 0 Å². The number of rotatable bonds is 2.